The average molecular weight is 483 g/mol. The van der Waals surface area contributed by atoms with Crippen molar-refractivity contribution < 1.29 is 32.7 Å². The molecule has 2 unspecified atom stereocenters. The summed E-state index contributed by atoms with van der Waals surface area (Å²) in [6, 6.07) is 8.03. The lowest BCUT2D eigenvalue weighted by atomic mass is 9.73. The van der Waals surface area contributed by atoms with Crippen LogP contribution < -0.4 is 16.4 Å². The van der Waals surface area contributed by atoms with E-state index in [0.717, 1.165) is 12.1 Å². The zero-order valence-corrected chi connectivity index (χ0v) is 19.0. The number of halogens is 3. The third-order valence-corrected chi connectivity index (χ3v) is 6.10. The van der Waals surface area contributed by atoms with Crippen molar-refractivity contribution in [3.63, 3.8) is 0 Å². The number of amides is 3. The molecule has 1 heterocycles. The van der Waals surface area contributed by atoms with E-state index in [4.69, 9.17) is 5.73 Å². The van der Waals surface area contributed by atoms with Crippen LogP contribution in [0.5, 0.6) is 0 Å². The largest absolute Gasteiger partial charge is 0.421 e. The molecule has 186 valence electrons. The molecule has 1 fully saturated rings. The van der Waals surface area contributed by atoms with Crippen LogP contribution in [-0.4, -0.2) is 41.1 Å². The van der Waals surface area contributed by atoms with E-state index in [0.29, 0.717) is 13.0 Å². The van der Waals surface area contributed by atoms with Crippen molar-refractivity contribution in [3.05, 3.63) is 35.9 Å². The number of nitrogens with two attached hydrogens (primary N) is 1. The maximum Gasteiger partial charge on any atom is 0.421 e. The third-order valence-electron chi connectivity index (χ3n) is 6.10. The van der Waals surface area contributed by atoms with Gasteiger partial charge in [-0.25, -0.2) is 0 Å². The Morgan fingerprint density at radius 1 is 1.29 bits per heavy atom. The van der Waals surface area contributed by atoms with E-state index in [1.165, 1.54) is 18.2 Å². The number of hydrogen-bond acceptors (Lipinski definition) is 5. The fourth-order valence-corrected chi connectivity index (χ4v) is 4.38. The van der Waals surface area contributed by atoms with Gasteiger partial charge in [-0.3, -0.25) is 14.4 Å². The van der Waals surface area contributed by atoms with Gasteiger partial charge < -0.3 is 21.5 Å². The maximum absolute atomic E-state index is 13.9. The van der Waals surface area contributed by atoms with Gasteiger partial charge >= 0.3 is 6.18 Å². The van der Waals surface area contributed by atoms with Crippen molar-refractivity contribution in [2.75, 3.05) is 6.54 Å². The molecule has 1 aromatic rings. The van der Waals surface area contributed by atoms with Gasteiger partial charge in [0, 0.05) is 12.5 Å². The summed E-state index contributed by atoms with van der Waals surface area (Å²) in [5.41, 5.74) is -0.496. The summed E-state index contributed by atoms with van der Waals surface area (Å²) in [7, 11) is 0. The zero-order chi connectivity index (χ0) is 25.7. The molecule has 0 saturated carbocycles. The lowest BCUT2D eigenvalue weighted by Gasteiger charge is -2.39. The minimum Gasteiger partial charge on any atom is -0.376 e. The lowest BCUT2D eigenvalue weighted by Crippen LogP contribution is -2.63. The van der Waals surface area contributed by atoms with Gasteiger partial charge in [0.25, 0.3) is 0 Å². The van der Waals surface area contributed by atoms with Crippen LogP contribution in [0.3, 0.4) is 0 Å². The van der Waals surface area contributed by atoms with E-state index in [-0.39, 0.29) is 24.7 Å². The Labute approximate surface area is 195 Å². The molecular formula is C23H29F3N4O4. The van der Waals surface area contributed by atoms with E-state index in [2.05, 4.69) is 10.6 Å². The summed E-state index contributed by atoms with van der Waals surface area (Å²) in [5.74, 6) is -4.90. The molecule has 0 spiro atoms. The van der Waals surface area contributed by atoms with E-state index >= 15 is 0 Å². The molecule has 11 heteroatoms. The topological polar surface area (TPSA) is 145 Å². The number of hydrogen-bond donors (Lipinski definition) is 4. The summed E-state index contributed by atoms with van der Waals surface area (Å²) >= 11 is 0. The van der Waals surface area contributed by atoms with Crippen LogP contribution >= 0.6 is 0 Å². The summed E-state index contributed by atoms with van der Waals surface area (Å²) in [6.45, 7) is 3.77. The highest BCUT2D eigenvalue weighted by molar-refractivity contribution is 5.91. The first-order valence-corrected chi connectivity index (χ1v) is 10.9. The predicted octanol–water partition coefficient (Wildman–Crippen LogP) is 1.88. The first kappa shape index (κ1) is 27.1. The Hall–Kier alpha value is -3.13. The monoisotopic (exact) mass is 482 g/mol. The average Bonchev–Trinajstić information content (AvgIpc) is 3.15. The Kier molecular flexibility index (Phi) is 8.31. The van der Waals surface area contributed by atoms with Crippen LogP contribution in [0.25, 0.3) is 0 Å². The Morgan fingerprint density at radius 2 is 1.91 bits per heavy atom. The van der Waals surface area contributed by atoms with Crippen LogP contribution in [0.2, 0.25) is 0 Å². The number of nitrogens with one attached hydrogen (secondary N) is 2. The van der Waals surface area contributed by atoms with E-state index in [1.54, 1.807) is 13.8 Å². The van der Waals surface area contributed by atoms with Crippen LogP contribution in [-0.2, 0) is 20.0 Å². The standard InChI is InChI=1S/C23H29F3N4O4/c1-14(2)11-21(20(28)33,17(13-27)10-15-8-9-29-19(15)32)30-18(31)12-22(34,23(24,25)26)16-6-4-3-5-7-16/h3-7,14-15,17,34H,8-12H2,1-2H3,(H2,28,33)(H,29,32)(H,30,31)/t15-,17-,21?,22?/m1/s1. The van der Waals surface area contributed by atoms with Crippen LogP contribution in [0.4, 0.5) is 13.2 Å². The molecule has 1 saturated heterocycles. The second kappa shape index (κ2) is 10.4. The predicted molar refractivity (Wildman–Crippen MR) is 115 cm³/mol. The number of carbonyl (C=O) groups excluding carboxylic acids is 3. The number of nitriles is 1. The quantitative estimate of drug-likeness (QED) is 0.402. The molecule has 1 aromatic carbocycles. The molecule has 1 aliphatic rings. The fourth-order valence-electron chi connectivity index (χ4n) is 4.38. The molecule has 8 nitrogen and oxygen atoms in total. The number of carbonyl (C=O) groups is 3. The SMILES string of the molecule is CC(C)CC(NC(=O)CC(O)(c1ccccc1)C(F)(F)F)(C(N)=O)[C@@H](C#N)C[C@H]1CCNC1=O. The van der Waals surface area contributed by atoms with E-state index in [1.807, 2.05) is 6.07 Å². The minimum absolute atomic E-state index is 0.111. The van der Waals surface area contributed by atoms with Crippen molar-refractivity contribution in [1.29, 1.82) is 5.26 Å². The smallest absolute Gasteiger partial charge is 0.376 e. The number of benzene rings is 1. The lowest BCUT2D eigenvalue weighted by molar-refractivity contribution is -0.267. The van der Waals surface area contributed by atoms with Gasteiger partial charge in [0.15, 0.2) is 5.60 Å². The molecule has 0 bridgehead atoms. The normalized spacial score (nSPS) is 20.5. The number of aliphatic hydroxyl groups is 1. The second-order valence-electron chi connectivity index (χ2n) is 9.08. The number of alkyl halides is 3. The van der Waals surface area contributed by atoms with Gasteiger partial charge in [0.1, 0.15) is 5.54 Å². The van der Waals surface area contributed by atoms with Crippen molar-refractivity contribution in [2.24, 2.45) is 23.5 Å². The van der Waals surface area contributed by atoms with Crippen molar-refractivity contribution in [2.45, 2.75) is 56.8 Å². The number of rotatable bonds is 10. The Morgan fingerprint density at radius 3 is 2.35 bits per heavy atom. The molecule has 2 rings (SSSR count). The van der Waals surface area contributed by atoms with Gasteiger partial charge in [-0.1, -0.05) is 44.2 Å². The maximum atomic E-state index is 13.9. The molecule has 4 atom stereocenters. The summed E-state index contributed by atoms with van der Waals surface area (Å²) < 4.78 is 41.6. The molecule has 0 aliphatic carbocycles. The highest BCUT2D eigenvalue weighted by Gasteiger charge is 2.57. The van der Waals surface area contributed by atoms with Crippen LogP contribution in [0.1, 0.15) is 45.1 Å². The molecule has 3 amide bonds. The highest BCUT2D eigenvalue weighted by Crippen LogP contribution is 2.42. The first-order chi connectivity index (χ1) is 15.8. The molecule has 0 radical (unpaired) electrons. The van der Waals surface area contributed by atoms with E-state index in [9.17, 15) is 37.9 Å². The number of nitrogens with zero attached hydrogens (tertiary/aromatic N) is 1. The summed E-state index contributed by atoms with van der Waals surface area (Å²) in [4.78, 5) is 37.6. The molecule has 34 heavy (non-hydrogen) atoms. The third kappa shape index (κ3) is 5.67. The number of primary amides is 1. The molecule has 5 N–H and O–H groups in total. The zero-order valence-electron chi connectivity index (χ0n) is 19.0. The minimum atomic E-state index is -5.21. The van der Waals surface area contributed by atoms with Crippen LogP contribution in [0, 0.1) is 29.1 Å². The fraction of sp³-hybridized carbons (Fsp3) is 0.565. The van der Waals surface area contributed by atoms with Gasteiger partial charge in [0.05, 0.1) is 18.4 Å². The Balaban J connectivity index is 2.43. The first-order valence-electron chi connectivity index (χ1n) is 10.9. The summed E-state index contributed by atoms with van der Waals surface area (Å²) in [5, 5.41) is 25.3. The van der Waals surface area contributed by atoms with Crippen molar-refractivity contribution >= 4 is 17.7 Å². The molecule has 1 aliphatic heterocycles. The Bertz CT molecular complexity index is 948. The second-order valence-corrected chi connectivity index (χ2v) is 9.08. The van der Waals surface area contributed by atoms with Gasteiger partial charge in [-0.05, 0) is 30.7 Å². The summed E-state index contributed by atoms with van der Waals surface area (Å²) in [6.07, 6.45) is -6.51. The van der Waals surface area contributed by atoms with Gasteiger partial charge in [-0.2, -0.15) is 18.4 Å². The van der Waals surface area contributed by atoms with Gasteiger partial charge in [0.2, 0.25) is 17.7 Å². The van der Waals surface area contributed by atoms with E-state index < -0.39 is 53.0 Å². The van der Waals surface area contributed by atoms with Crippen molar-refractivity contribution in [3.8, 4) is 6.07 Å². The van der Waals surface area contributed by atoms with Gasteiger partial charge in [-0.15, -0.1) is 0 Å². The molecule has 0 aromatic heterocycles. The molecular weight excluding hydrogens is 453 g/mol. The van der Waals surface area contributed by atoms with Crippen molar-refractivity contribution in [1.82, 2.24) is 10.6 Å². The van der Waals surface area contributed by atoms with Crippen LogP contribution in [0.15, 0.2) is 30.3 Å². The highest BCUT2D eigenvalue weighted by atomic mass is 19.4.